The number of benzene rings is 2. The standard InChI is InChI=1S/C21H23N3O3/c1-23-12-16(25)18-15(8-9-17(26-2)21(18)27-3)19(22)20-14-7-5-4-6-13(14)10-11-24-20/h4-11,19,23H,12,22H2,1-3H3. The van der Waals surface area contributed by atoms with Gasteiger partial charge in [0.25, 0.3) is 0 Å². The number of hydrogen-bond donors (Lipinski definition) is 2. The summed E-state index contributed by atoms with van der Waals surface area (Å²) in [4.78, 5) is 17.3. The van der Waals surface area contributed by atoms with Gasteiger partial charge in [-0.05, 0) is 30.1 Å². The predicted octanol–water partition coefficient (Wildman–Crippen LogP) is 2.70. The van der Waals surface area contributed by atoms with Crippen molar-refractivity contribution in [2.24, 2.45) is 5.73 Å². The van der Waals surface area contributed by atoms with E-state index in [2.05, 4.69) is 10.3 Å². The third-order valence-electron chi connectivity index (χ3n) is 4.53. The first-order chi connectivity index (χ1) is 13.1. The quantitative estimate of drug-likeness (QED) is 0.626. The lowest BCUT2D eigenvalue weighted by atomic mass is 9.92. The Labute approximate surface area is 158 Å². The van der Waals surface area contributed by atoms with Crippen LogP contribution in [0.1, 0.15) is 27.7 Å². The molecule has 0 spiro atoms. The lowest BCUT2D eigenvalue weighted by Gasteiger charge is -2.21. The van der Waals surface area contributed by atoms with Gasteiger partial charge in [-0.25, -0.2) is 0 Å². The molecule has 27 heavy (non-hydrogen) atoms. The van der Waals surface area contributed by atoms with E-state index in [1.165, 1.54) is 14.2 Å². The summed E-state index contributed by atoms with van der Waals surface area (Å²) in [6.07, 6.45) is 1.73. The normalized spacial score (nSPS) is 12.0. The van der Waals surface area contributed by atoms with Gasteiger partial charge in [0.15, 0.2) is 17.3 Å². The molecule has 0 saturated heterocycles. The Morgan fingerprint density at radius 3 is 2.63 bits per heavy atom. The van der Waals surface area contributed by atoms with Gasteiger partial charge in [-0.2, -0.15) is 0 Å². The molecular formula is C21H23N3O3. The second-order valence-corrected chi connectivity index (χ2v) is 6.11. The summed E-state index contributed by atoms with van der Waals surface area (Å²) in [7, 11) is 4.77. The van der Waals surface area contributed by atoms with Crippen molar-refractivity contribution in [1.82, 2.24) is 10.3 Å². The summed E-state index contributed by atoms with van der Waals surface area (Å²) in [6, 6.07) is 12.8. The molecule has 0 bridgehead atoms. The summed E-state index contributed by atoms with van der Waals surface area (Å²) in [6.45, 7) is 0.159. The van der Waals surface area contributed by atoms with Crippen LogP contribution < -0.4 is 20.5 Å². The van der Waals surface area contributed by atoms with E-state index in [-0.39, 0.29) is 12.3 Å². The number of methoxy groups -OCH3 is 2. The molecule has 1 atom stereocenters. The van der Waals surface area contributed by atoms with E-state index in [0.717, 1.165) is 10.8 Å². The van der Waals surface area contributed by atoms with Gasteiger partial charge in [0, 0.05) is 11.6 Å². The van der Waals surface area contributed by atoms with Gasteiger partial charge in [-0.3, -0.25) is 9.78 Å². The number of nitrogens with two attached hydrogens (primary N) is 1. The molecule has 1 heterocycles. The first-order valence-electron chi connectivity index (χ1n) is 8.64. The third kappa shape index (κ3) is 3.49. The molecular weight excluding hydrogens is 342 g/mol. The van der Waals surface area contributed by atoms with Gasteiger partial charge in [-0.1, -0.05) is 30.3 Å². The number of ether oxygens (including phenoxy) is 2. The fourth-order valence-electron chi connectivity index (χ4n) is 3.28. The predicted molar refractivity (Wildman–Crippen MR) is 106 cm³/mol. The van der Waals surface area contributed by atoms with Crippen molar-refractivity contribution in [2.45, 2.75) is 6.04 Å². The van der Waals surface area contributed by atoms with Gasteiger partial charge in [0.05, 0.1) is 38.1 Å². The zero-order valence-electron chi connectivity index (χ0n) is 15.7. The fraction of sp³-hybridized carbons (Fsp3) is 0.238. The molecule has 0 aliphatic rings. The van der Waals surface area contributed by atoms with E-state index in [1.807, 2.05) is 30.3 Å². The highest BCUT2D eigenvalue weighted by molar-refractivity contribution is 6.02. The first-order valence-corrected chi connectivity index (χ1v) is 8.64. The zero-order valence-corrected chi connectivity index (χ0v) is 15.7. The van der Waals surface area contributed by atoms with Crippen molar-refractivity contribution in [3.63, 3.8) is 0 Å². The maximum Gasteiger partial charge on any atom is 0.180 e. The Morgan fingerprint density at radius 1 is 1.15 bits per heavy atom. The maximum atomic E-state index is 12.8. The summed E-state index contributed by atoms with van der Waals surface area (Å²) >= 11 is 0. The summed E-state index contributed by atoms with van der Waals surface area (Å²) in [5.41, 5.74) is 8.37. The highest BCUT2D eigenvalue weighted by Gasteiger charge is 2.26. The Kier molecular flexibility index (Phi) is 5.69. The third-order valence-corrected chi connectivity index (χ3v) is 4.53. The van der Waals surface area contributed by atoms with Gasteiger partial charge >= 0.3 is 0 Å². The molecule has 3 rings (SSSR count). The van der Waals surface area contributed by atoms with Crippen LogP contribution in [0, 0.1) is 0 Å². The highest BCUT2D eigenvalue weighted by atomic mass is 16.5. The van der Waals surface area contributed by atoms with Crippen LogP contribution in [-0.2, 0) is 0 Å². The van der Waals surface area contributed by atoms with E-state index in [9.17, 15) is 4.79 Å². The van der Waals surface area contributed by atoms with Crippen LogP contribution in [0.25, 0.3) is 10.8 Å². The first kappa shape index (κ1) is 18.8. The number of Topliss-reactive ketones (excluding diaryl/α,β-unsaturated/α-hetero) is 1. The van der Waals surface area contributed by atoms with E-state index in [1.54, 1.807) is 25.4 Å². The molecule has 0 radical (unpaired) electrons. The van der Waals surface area contributed by atoms with Crippen LogP contribution in [0.4, 0.5) is 0 Å². The van der Waals surface area contributed by atoms with Gasteiger partial charge in [0.1, 0.15) is 0 Å². The van der Waals surface area contributed by atoms with Crippen LogP contribution in [-0.4, -0.2) is 38.6 Å². The Morgan fingerprint density at radius 2 is 1.93 bits per heavy atom. The van der Waals surface area contributed by atoms with E-state index in [0.29, 0.717) is 28.3 Å². The number of carbonyl (C=O) groups is 1. The van der Waals surface area contributed by atoms with Crippen molar-refractivity contribution in [3.8, 4) is 11.5 Å². The van der Waals surface area contributed by atoms with Crippen LogP contribution in [0.2, 0.25) is 0 Å². The Hall–Kier alpha value is -2.96. The minimum absolute atomic E-state index is 0.126. The van der Waals surface area contributed by atoms with Crippen molar-refractivity contribution < 1.29 is 14.3 Å². The average molecular weight is 365 g/mol. The molecule has 1 aromatic heterocycles. The molecule has 2 aromatic carbocycles. The largest absolute Gasteiger partial charge is 0.493 e. The topological polar surface area (TPSA) is 86.5 Å². The Balaban J connectivity index is 2.21. The number of nitrogens with one attached hydrogen (secondary N) is 1. The lowest BCUT2D eigenvalue weighted by Crippen LogP contribution is -2.24. The number of hydrogen-bond acceptors (Lipinski definition) is 6. The van der Waals surface area contributed by atoms with Crippen LogP contribution >= 0.6 is 0 Å². The molecule has 0 fully saturated rings. The highest BCUT2D eigenvalue weighted by Crippen LogP contribution is 2.38. The molecule has 6 nitrogen and oxygen atoms in total. The maximum absolute atomic E-state index is 12.8. The number of nitrogens with zero attached hydrogens (tertiary/aromatic N) is 1. The van der Waals surface area contributed by atoms with Crippen molar-refractivity contribution in [1.29, 1.82) is 0 Å². The fourth-order valence-corrected chi connectivity index (χ4v) is 3.28. The number of pyridine rings is 1. The summed E-state index contributed by atoms with van der Waals surface area (Å²) in [5.74, 6) is 0.739. The molecule has 6 heteroatoms. The van der Waals surface area contributed by atoms with Crippen molar-refractivity contribution >= 4 is 16.6 Å². The number of rotatable bonds is 7. The number of carbonyl (C=O) groups excluding carboxylic acids is 1. The molecule has 3 N–H and O–H groups in total. The molecule has 1 unspecified atom stereocenters. The van der Waals surface area contributed by atoms with Gasteiger partial charge < -0.3 is 20.5 Å². The average Bonchev–Trinajstić information content (AvgIpc) is 2.71. The number of ketones is 1. The molecule has 0 aliphatic carbocycles. The minimum Gasteiger partial charge on any atom is -0.493 e. The van der Waals surface area contributed by atoms with Crippen LogP contribution in [0.5, 0.6) is 11.5 Å². The number of aromatic nitrogens is 1. The van der Waals surface area contributed by atoms with Gasteiger partial charge in [0.2, 0.25) is 0 Å². The second kappa shape index (κ2) is 8.16. The monoisotopic (exact) mass is 365 g/mol. The van der Waals surface area contributed by atoms with E-state index in [4.69, 9.17) is 15.2 Å². The van der Waals surface area contributed by atoms with Crippen LogP contribution in [0.3, 0.4) is 0 Å². The Bertz CT molecular complexity index is 967. The van der Waals surface area contributed by atoms with Gasteiger partial charge in [-0.15, -0.1) is 0 Å². The molecule has 3 aromatic rings. The number of likely N-dealkylation sites (N-methyl/N-ethyl adjacent to an activating group) is 1. The molecule has 0 amide bonds. The molecule has 0 aliphatic heterocycles. The van der Waals surface area contributed by atoms with Crippen molar-refractivity contribution in [3.05, 3.63) is 65.5 Å². The van der Waals surface area contributed by atoms with Crippen LogP contribution in [0.15, 0.2) is 48.7 Å². The lowest BCUT2D eigenvalue weighted by molar-refractivity contribution is 0.0988. The smallest absolute Gasteiger partial charge is 0.180 e. The minimum atomic E-state index is -0.591. The van der Waals surface area contributed by atoms with Crippen molar-refractivity contribution in [2.75, 3.05) is 27.8 Å². The summed E-state index contributed by atoms with van der Waals surface area (Å²) < 4.78 is 10.9. The second-order valence-electron chi connectivity index (χ2n) is 6.11. The van der Waals surface area contributed by atoms with E-state index >= 15 is 0 Å². The molecule has 0 saturated carbocycles. The molecule has 140 valence electrons. The SMILES string of the molecule is CNCC(=O)c1c(C(N)c2nccc3ccccc23)ccc(OC)c1OC. The van der Waals surface area contributed by atoms with E-state index < -0.39 is 6.04 Å². The number of fused-ring (bicyclic) bond motifs is 1. The zero-order chi connectivity index (χ0) is 19.4. The summed E-state index contributed by atoms with van der Waals surface area (Å²) in [5, 5.41) is 4.88.